The summed E-state index contributed by atoms with van der Waals surface area (Å²) in [6, 6.07) is 7.58. The molecule has 5 rings (SSSR count). The molecule has 3 fully saturated rings. The largest absolute Gasteiger partial charge is 0.508 e. The SMILES string of the molecule is C[C@H]1[C@H](NC(=O)c2ncc(-c3ccc(O)cc3)s2)C2CCN1CC2. The van der Waals surface area contributed by atoms with Gasteiger partial charge in [-0.05, 0) is 68.6 Å². The van der Waals surface area contributed by atoms with Crippen LogP contribution in [0.3, 0.4) is 0 Å². The molecular weight excluding hydrogens is 322 g/mol. The van der Waals surface area contributed by atoms with Gasteiger partial charge in [0.05, 0.1) is 4.88 Å². The Balaban J connectivity index is 1.48. The molecule has 2 N–H and O–H groups in total. The summed E-state index contributed by atoms with van der Waals surface area (Å²) in [5, 5.41) is 13.1. The number of phenolic OH excluding ortho intramolecular Hbond substituents is 1. The van der Waals surface area contributed by atoms with Gasteiger partial charge in [-0.3, -0.25) is 9.69 Å². The predicted molar refractivity (Wildman–Crippen MR) is 94.2 cm³/mol. The molecule has 3 aliphatic heterocycles. The van der Waals surface area contributed by atoms with Crippen LogP contribution in [0.5, 0.6) is 5.75 Å². The van der Waals surface area contributed by atoms with Crippen LogP contribution in [-0.4, -0.2) is 46.1 Å². The molecule has 126 valence electrons. The maximum absolute atomic E-state index is 12.6. The number of aromatic nitrogens is 1. The van der Waals surface area contributed by atoms with Crippen molar-refractivity contribution in [2.75, 3.05) is 13.1 Å². The van der Waals surface area contributed by atoms with Gasteiger partial charge in [0, 0.05) is 18.3 Å². The van der Waals surface area contributed by atoms with Crippen molar-refractivity contribution in [2.24, 2.45) is 5.92 Å². The van der Waals surface area contributed by atoms with Crippen LogP contribution in [0.2, 0.25) is 0 Å². The maximum Gasteiger partial charge on any atom is 0.280 e. The quantitative estimate of drug-likeness (QED) is 0.899. The summed E-state index contributed by atoms with van der Waals surface area (Å²) >= 11 is 1.39. The number of piperidine rings is 3. The number of fused-ring (bicyclic) bond motifs is 3. The van der Waals surface area contributed by atoms with Gasteiger partial charge in [-0.2, -0.15) is 0 Å². The molecule has 0 unspecified atom stereocenters. The Kier molecular flexibility index (Phi) is 4.02. The number of phenols is 1. The second-order valence-corrected chi connectivity index (χ2v) is 7.72. The molecule has 0 spiro atoms. The van der Waals surface area contributed by atoms with Gasteiger partial charge in [-0.1, -0.05) is 0 Å². The van der Waals surface area contributed by atoms with Gasteiger partial charge in [0.15, 0.2) is 5.01 Å². The number of hydrogen-bond acceptors (Lipinski definition) is 5. The fourth-order valence-electron chi connectivity index (χ4n) is 3.90. The smallest absolute Gasteiger partial charge is 0.280 e. The van der Waals surface area contributed by atoms with Crippen LogP contribution in [0.15, 0.2) is 30.5 Å². The van der Waals surface area contributed by atoms with Crippen molar-refractivity contribution in [3.8, 4) is 16.2 Å². The molecular formula is C18H21N3O2S. The number of aromatic hydroxyl groups is 1. The number of nitrogens with one attached hydrogen (secondary N) is 1. The maximum atomic E-state index is 12.6. The van der Waals surface area contributed by atoms with Crippen molar-refractivity contribution in [3.63, 3.8) is 0 Å². The van der Waals surface area contributed by atoms with E-state index >= 15 is 0 Å². The van der Waals surface area contributed by atoms with E-state index in [4.69, 9.17) is 0 Å². The summed E-state index contributed by atoms with van der Waals surface area (Å²) in [5.74, 6) is 0.749. The van der Waals surface area contributed by atoms with Crippen molar-refractivity contribution in [1.82, 2.24) is 15.2 Å². The minimum atomic E-state index is -0.0735. The zero-order valence-electron chi connectivity index (χ0n) is 13.6. The number of amides is 1. The first-order valence-corrected chi connectivity index (χ1v) is 9.23. The fourth-order valence-corrected chi connectivity index (χ4v) is 4.72. The number of thiazole rings is 1. The Hall–Kier alpha value is -1.92. The van der Waals surface area contributed by atoms with Gasteiger partial charge in [0.25, 0.3) is 5.91 Å². The van der Waals surface area contributed by atoms with Crippen molar-refractivity contribution < 1.29 is 9.90 Å². The van der Waals surface area contributed by atoms with Crippen LogP contribution in [0.4, 0.5) is 0 Å². The van der Waals surface area contributed by atoms with E-state index in [1.165, 1.54) is 24.2 Å². The molecule has 4 heterocycles. The van der Waals surface area contributed by atoms with Gasteiger partial charge in [0.2, 0.25) is 0 Å². The summed E-state index contributed by atoms with van der Waals surface area (Å²) < 4.78 is 0. The van der Waals surface area contributed by atoms with Crippen molar-refractivity contribution in [3.05, 3.63) is 35.5 Å². The van der Waals surface area contributed by atoms with Crippen LogP contribution in [0.1, 0.15) is 29.6 Å². The molecule has 3 aliphatic rings. The Labute approximate surface area is 145 Å². The van der Waals surface area contributed by atoms with Gasteiger partial charge >= 0.3 is 0 Å². The number of nitrogens with zero attached hydrogens (tertiary/aromatic N) is 2. The topological polar surface area (TPSA) is 65.5 Å². The Morgan fingerprint density at radius 3 is 2.67 bits per heavy atom. The lowest BCUT2D eigenvalue weighted by molar-refractivity contribution is 0.0217. The van der Waals surface area contributed by atoms with Crippen LogP contribution in [0.25, 0.3) is 10.4 Å². The minimum Gasteiger partial charge on any atom is -0.508 e. The molecule has 2 aromatic rings. The molecule has 2 atom stereocenters. The molecule has 0 aliphatic carbocycles. The highest BCUT2D eigenvalue weighted by Gasteiger charge is 2.40. The van der Waals surface area contributed by atoms with E-state index in [9.17, 15) is 9.90 Å². The van der Waals surface area contributed by atoms with Crippen LogP contribution in [0, 0.1) is 5.92 Å². The van der Waals surface area contributed by atoms with Gasteiger partial charge in [0.1, 0.15) is 5.75 Å². The average molecular weight is 343 g/mol. The standard InChI is InChI=1S/C18H21N3O2S/c1-11-16(13-6-8-21(11)9-7-13)20-17(23)18-19-10-15(24-18)12-2-4-14(22)5-3-12/h2-5,10-11,13,16,22H,6-9H2,1H3,(H,20,23)/t11-,16-/m0/s1. The van der Waals surface area contributed by atoms with Crippen molar-refractivity contribution in [2.45, 2.75) is 31.8 Å². The third kappa shape index (κ3) is 2.80. The first-order chi connectivity index (χ1) is 11.6. The number of carbonyl (C=O) groups is 1. The van der Waals surface area contributed by atoms with E-state index in [-0.39, 0.29) is 17.7 Å². The lowest BCUT2D eigenvalue weighted by atomic mass is 9.79. The average Bonchev–Trinajstić information content (AvgIpc) is 3.09. The second kappa shape index (κ2) is 6.18. The molecule has 5 nitrogen and oxygen atoms in total. The highest BCUT2D eigenvalue weighted by atomic mass is 32.1. The highest BCUT2D eigenvalue weighted by molar-refractivity contribution is 7.16. The molecule has 24 heavy (non-hydrogen) atoms. The molecule has 0 saturated carbocycles. The highest BCUT2D eigenvalue weighted by Crippen LogP contribution is 2.33. The van der Waals surface area contributed by atoms with E-state index in [0.29, 0.717) is 17.0 Å². The lowest BCUT2D eigenvalue weighted by Crippen LogP contribution is -2.62. The Bertz CT molecular complexity index is 733. The summed E-state index contributed by atoms with van der Waals surface area (Å²) in [6.07, 6.45) is 4.07. The minimum absolute atomic E-state index is 0.0735. The Morgan fingerprint density at radius 1 is 1.29 bits per heavy atom. The summed E-state index contributed by atoms with van der Waals surface area (Å²) in [7, 11) is 0. The first-order valence-electron chi connectivity index (χ1n) is 8.42. The molecule has 0 radical (unpaired) electrons. The van der Waals surface area contributed by atoms with Crippen LogP contribution in [-0.2, 0) is 0 Å². The van der Waals surface area contributed by atoms with E-state index in [1.54, 1.807) is 18.3 Å². The zero-order chi connectivity index (χ0) is 16.7. The van der Waals surface area contributed by atoms with Crippen molar-refractivity contribution in [1.29, 1.82) is 0 Å². The monoisotopic (exact) mass is 343 g/mol. The van der Waals surface area contributed by atoms with E-state index in [0.717, 1.165) is 23.5 Å². The summed E-state index contributed by atoms with van der Waals surface area (Å²) in [4.78, 5) is 20.3. The van der Waals surface area contributed by atoms with Gasteiger partial charge in [-0.25, -0.2) is 4.98 Å². The molecule has 2 bridgehead atoms. The molecule has 1 aromatic heterocycles. The van der Waals surface area contributed by atoms with Crippen LogP contribution >= 0.6 is 11.3 Å². The fraction of sp³-hybridized carbons (Fsp3) is 0.444. The summed E-state index contributed by atoms with van der Waals surface area (Å²) in [6.45, 7) is 4.51. The third-order valence-electron chi connectivity index (χ3n) is 5.33. The Morgan fingerprint density at radius 2 is 2.00 bits per heavy atom. The zero-order valence-corrected chi connectivity index (χ0v) is 14.4. The normalized spacial score (nSPS) is 28.7. The van der Waals surface area contributed by atoms with E-state index < -0.39 is 0 Å². The van der Waals surface area contributed by atoms with Crippen molar-refractivity contribution >= 4 is 17.2 Å². The summed E-state index contributed by atoms with van der Waals surface area (Å²) in [5.41, 5.74) is 0.959. The van der Waals surface area contributed by atoms with E-state index in [1.807, 2.05) is 12.1 Å². The first kappa shape index (κ1) is 15.6. The predicted octanol–water partition coefficient (Wildman–Crippen LogP) is 2.73. The molecule has 6 heteroatoms. The van der Waals surface area contributed by atoms with Crippen LogP contribution < -0.4 is 5.32 Å². The number of benzene rings is 1. The van der Waals surface area contributed by atoms with E-state index in [2.05, 4.69) is 22.1 Å². The van der Waals surface area contributed by atoms with Gasteiger partial charge < -0.3 is 10.4 Å². The second-order valence-electron chi connectivity index (χ2n) is 6.69. The lowest BCUT2D eigenvalue weighted by Gasteiger charge is -2.49. The number of rotatable bonds is 3. The third-order valence-corrected chi connectivity index (χ3v) is 6.37. The van der Waals surface area contributed by atoms with Gasteiger partial charge in [-0.15, -0.1) is 11.3 Å². The molecule has 3 saturated heterocycles. The molecule has 1 amide bonds. The molecule has 1 aromatic carbocycles. The number of carbonyl (C=O) groups excluding carboxylic acids is 1. The number of hydrogen-bond donors (Lipinski definition) is 2.